The van der Waals surface area contributed by atoms with Crippen molar-refractivity contribution in [3.05, 3.63) is 94.1 Å². The zero-order valence-corrected chi connectivity index (χ0v) is 20.6. The van der Waals surface area contributed by atoms with Gasteiger partial charge in [0.1, 0.15) is 17.3 Å². The monoisotopic (exact) mass is 471 g/mol. The zero-order valence-electron chi connectivity index (χ0n) is 20.6. The van der Waals surface area contributed by atoms with Crippen LogP contribution in [0.5, 0.6) is 11.5 Å². The van der Waals surface area contributed by atoms with Gasteiger partial charge in [0.2, 0.25) is 0 Å². The molecule has 0 saturated carbocycles. The molecule has 1 amide bonds. The van der Waals surface area contributed by atoms with Crippen LogP contribution in [0.1, 0.15) is 40.8 Å². The van der Waals surface area contributed by atoms with Gasteiger partial charge >= 0.3 is 0 Å². The summed E-state index contributed by atoms with van der Waals surface area (Å²) < 4.78 is 11.2. The molecule has 1 unspecified atom stereocenters. The summed E-state index contributed by atoms with van der Waals surface area (Å²) in [7, 11) is 1.54. The second-order valence-corrected chi connectivity index (χ2v) is 8.61. The number of para-hydroxylation sites is 1. The van der Waals surface area contributed by atoms with Gasteiger partial charge in [-0.15, -0.1) is 0 Å². The normalized spacial score (nSPS) is 17.1. The van der Waals surface area contributed by atoms with Gasteiger partial charge in [-0.05, 0) is 69.2 Å². The Balaban J connectivity index is 1.97. The summed E-state index contributed by atoms with van der Waals surface area (Å²) in [5, 5.41) is 11.4. The van der Waals surface area contributed by atoms with Crippen molar-refractivity contribution in [1.29, 1.82) is 0 Å². The van der Waals surface area contributed by atoms with Crippen molar-refractivity contribution in [1.82, 2.24) is 0 Å². The van der Waals surface area contributed by atoms with Gasteiger partial charge in [-0.25, -0.2) is 0 Å². The van der Waals surface area contributed by atoms with E-state index in [2.05, 4.69) is 0 Å². The number of aliphatic hydroxyl groups is 1. The van der Waals surface area contributed by atoms with Crippen molar-refractivity contribution in [3.63, 3.8) is 0 Å². The molecule has 3 aromatic rings. The minimum absolute atomic E-state index is 0.0167. The predicted octanol–water partition coefficient (Wildman–Crippen LogP) is 5.65. The minimum atomic E-state index is -0.862. The fourth-order valence-electron chi connectivity index (χ4n) is 4.61. The number of aryl methyl sites for hydroxylation is 3. The molecule has 6 nitrogen and oxygen atoms in total. The number of benzene rings is 3. The number of nitrogens with zero attached hydrogens (tertiary/aromatic N) is 1. The SMILES string of the molecule is CCOc1ccc(/C(O)=C2\C(=O)C(=O)N(c3ccc(C)cc3C)C2c2ccccc2OC)cc1C. The van der Waals surface area contributed by atoms with Crippen LogP contribution in [0.3, 0.4) is 0 Å². The maximum Gasteiger partial charge on any atom is 0.300 e. The molecule has 0 aromatic heterocycles. The number of anilines is 1. The molecule has 180 valence electrons. The van der Waals surface area contributed by atoms with Crippen LogP contribution in [-0.2, 0) is 9.59 Å². The number of hydrogen-bond acceptors (Lipinski definition) is 5. The van der Waals surface area contributed by atoms with E-state index < -0.39 is 17.7 Å². The van der Waals surface area contributed by atoms with Gasteiger partial charge in [0.15, 0.2) is 0 Å². The van der Waals surface area contributed by atoms with E-state index in [1.807, 2.05) is 64.1 Å². The van der Waals surface area contributed by atoms with Gasteiger partial charge in [-0.2, -0.15) is 0 Å². The quantitative estimate of drug-likeness (QED) is 0.286. The van der Waals surface area contributed by atoms with Crippen molar-refractivity contribution in [2.24, 2.45) is 0 Å². The van der Waals surface area contributed by atoms with E-state index in [1.165, 1.54) is 12.0 Å². The lowest BCUT2D eigenvalue weighted by Gasteiger charge is -2.28. The topological polar surface area (TPSA) is 76.1 Å². The highest BCUT2D eigenvalue weighted by atomic mass is 16.5. The van der Waals surface area contributed by atoms with Crippen molar-refractivity contribution in [2.45, 2.75) is 33.7 Å². The van der Waals surface area contributed by atoms with Crippen LogP contribution in [0.4, 0.5) is 5.69 Å². The Kier molecular flexibility index (Phi) is 6.65. The fourth-order valence-corrected chi connectivity index (χ4v) is 4.61. The molecule has 1 heterocycles. The number of carbonyl (C=O) groups excluding carboxylic acids is 2. The summed E-state index contributed by atoms with van der Waals surface area (Å²) in [6.45, 7) is 8.15. The fraction of sp³-hybridized carbons (Fsp3) is 0.241. The van der Waals surface area contributed by atoms with Crippen molar-refractivity contribution in [3.8, 4) is 11.5 Å². The molecule has 0 bridgehead atoms. The Labute approximate surface area is 205 Å². The lowest BCUT2D eigenvalue weighted by Crippen LogP contribution is -2.30. The first kappa shape index (κ1) is 24.1. The second kappa shape index (κ2) is 9.66. The number of ether oxygens (including phenoxy) is 2. The molecule has 4 rings (SSSR count). The van der Waals surface area contributed by atoms with Crippen LogP contribution in [0.2, 0.25) is 0 Å². The molecule has 0 spiro atoms. The summed E-state index contributed by atoms with van der Waals surface area (Å²) in [4.78, 5) is 28.4. The van der Waals surface area contributed by atoms with Gasteiger partial charge in [0.05, 0.1) is 25.3 Å². The molecule has 1 aliphatic heterocycles. The van der Waals surface area contributed by atoms with E-state index in [-0.39, 0.29) is 11.3 Å². The van der Waals surface area contributed by atoms with Crippen LogP contribution in [0, 0.1) is 20.8 Å². The number of ketones is 1. The van der Waals surface area contributed by atoms with Gasteiger partial charge in [-0.1, -0.05) is 35.9 Å². The number of rotatable bonds is 6. The van der Waals surface area contributed by atoms with Crippen molar-refractivity contribution in [2.75, 3.05) is 18.6 Å². The van der Waals surface area contributed by atoms with Gasteiger partial charge in [0, 0.05) is 16.8 Å². The average molecular weight is 472 g/mol. The molecular formula is C29H29NO5. The molecule has 1 fully saturated rings. The molecule has 1 N–H and O–H groups in total. The molecule has 1 saturated heterocycles. The van der Waals surface area contributed by atoms with Crippen molar-refractivity contribution < 1.29 is 24.2 Å². The molecule has 35 heavy (non-hydrogen) atoms. The van der Waals surface area contributed by atoms with E-state index in [0.717, 1.165) is 16.7 Å². The Morgan fingerprint density at radius 2 is 1.69 bits per heavy atom. The Morgan fingerprint density at radius 1 is 0.943 bits per heavy atom. The number of carbonyl (C=O) groups is 2. The smallest absolute Gasteiger partial charge is 0.300 e. The number of aliphatic hydroxyl groups excluding tert-OH is 1. The van der Waals surface area contributed by atoms with Crippen LogP contribution >= 0.6 is 0 Å². The van der Waals surface area contributed by atoms with E-state index >= 15 is 0 Å². The number of methoxy groups -OCH3 is 1. The highest BCUT2D eigenvalue weighted by Gasteiger charge is 2.48. The third kappa shape index (κ3) is 4.28. The van der Waals surface area contributed by atoms with Gasteiger partial charge < -0.3 is 14.6 Å². The van der Waals surface area contributed by atoms with E-state index in [9.17, 15) is 14.7 Å². The van der Waals surface area contributed by atoms with E-state index in [1.54, 1.807) is 24.3 Å². The average Bonchev–Trinajstić information content (AvgIpc) is 3.10. The Bertz CT molecular complexity index is 1340. The summed E-state index contributed by atoms with van der Waals surface area (Å²) in [5.41, 5.74) is 4.38. The number of Topliss-reactive ketones (excluding diaryl/α,β-unsaturated/α-hetero) is 1. The minimum Gasteiger partial charge on any atom is -0.507 e. The standard InChI is InChI=1S/C29H29NO5/c1-6-35-23-14-12-20(16-19(23)4)27(31)25-26(21-9-7-8-10-24(21)34-5)30(29(33)28(25)32)22-13-11-17(2)15-18(22)3/h7-16,26,31H,6H2,1-5H3/b27-25+. The predicted molar refractivity (Wildman–Crippen MR) is 136 cm³/mol. The van der Waals surface area contributed by atoms with E-state index in [4.69, 9.17) is 9.47 Å². The van der Waals surface area contributed by atoms with Gasteiger partial charge in [0.25, 0.3) is 11.7 Å². The maximum absolute atomic E-state index is 13.4. The highest BCUT2D eigenvalue weighted by Crippen LogP contribution is 2.45. The van der Waals surface area contributed by atoms with Crippen LogP contribution in [0.15, 0.2) is 66.2 Å². The number of hydrogen-bond donors (Lipinski definition) is 1. The Hall–Kier alpha value is -4.06. The lowest BCUT2D eigenvalue weighted by atomic mass is 9.93. The molecule has 0 radical (unpaired) electrons. The summed E-state index contributed by atoms with van der Waals surface area (Å²) in [6.07, 6.45) is 0. The summed E-state index contributed by atoms with van der Waals surface area (Å²) in [5.74, 6) is -0.469. The molecular weight excluding hydrogens is 442 g/mol. The molecule has 6 heteroatoms. The second-order valence-electron chi connectivity index (χ2n) is 8.61. The van der Waals surface area contributed by atoms with Crippen LogP contribution < -0.4 is 14.4 Å². The van der Waals surface area contributed by atoms with Crippen molar-refractivity contribution >= 4 is 23.1 Å². The summed E-state index contributed by atoms with van der Waals surface area (Å²) >= 11 is 0. The van der Waals surface area contributed by atoms with Crippen LogP contribution in [0.25, 0.3) is 5.76 Å². The third-order valence-electron chi connectivity index (χ3n) is 6.24. The molecule has 3 aromatic carbocycles. The third-order valence-corrected chi connectivity index (χ3v) is 6.24. The molecule has 1 atom stereocenters. The first-order chi connectivity index (χ1) is 16.8. The molecule has 1 aliphatic rings. The van der Waals surface area contributed by atoms with Gasteiger partial charge in [-0.3, -0.25) is 14.5 Å². The lowest BCUT2D eigenvalue weighted by molar-refractivity contribution is -0.132. The Morgan fingerprint density at radius 3 is 2.34 bits per heavy atom. The number of amides is 1. The zero-order chi connectivity index (χ0) is 25.3. The maximum atomic E-state index is 13.4. The van der Waals surface area contributed by atoms with E-state index in [0.29, 0.717) is 34.9 Å². The first-order valence-electron chi connectivity index (χ1n) is 11.5. The first-order valence-corrected chi connectivity index (χ1v) is 11.5. The molecule has 0 aliphatic carbocycles. The highest BCUT2D eigenvalue weighted by molar-refractivity contribution is 6.51. The largest absolute Gasteiger partial charge is 0.507 e. The summed E-state index contributed by atoms with van der Waals surface area (Å²) in [6, 6.07) is 17.3. The van der Waals surface area contributed by atoms with Crippen LogP contribution in [-0.4, -0.2) is 30.5 Å².